The zero-order valence-electron chi connectivity index (χ0n) is 8.83. The average molecular weight is 198 g/mol. The van der Waals surface area contributed by atoms with Gasteiger partial charge >= 0.3 is 0 Å². The second kappa shape index (κ2) is 4.66. The fourth-order valence-electron chi connectivity index (χ4n) is 1.40. The number of benzene rings is 1. The lowest BCUT2D eigenvalue weighted by atomic mass is 9.90. The van der Waals surface area contributed by atoms with Gasteiger partial charge < -0.3 is 5.11 Å². The lowest BCUT2D eigenvalue weighted by Crippen LogP contribution is -2.21. The van der Waals surface area contributed by atoms with Crippen molar-refractivity contribution in [1.82, 2.24) is 0 Å². The highest BCUT2D eigenvalue weighted by Crippen LogP contribution is 2.26. The third-order valence-corrected chi connectivity index (χ3v) is 2.26. The fraction of sp³-hybridized carbons (Fsp3) is 0.214. The van der Waals surface area contributed by atoms with Crippen LogP contribution in [0.15, 0.2) is 42.7 Å². The number of hydrogen-bond donors (Lipinski definition) is 1. The smallest absolute Gasteiger partial charge is 0.126 e. The van der Waals surface area contributed by atoms with Crippen molar-refractivity contribution in [2.45, 2.75) is 18.9 Å². The van der Waals surface area contributed by atoms with Crippen LogP contribution in [-0.4, -0.2) is 5.11 Å². The molecule has 1 aromatic rings. The molecule has 15 heavy (non-hydrogen) atoms. The van der Waals surface area contributed by atoms with Gasteiger partial charge in [0.1, 0.15) is 5.60 Å². The van der Waals surface area contributed by atoms with Crippen LogP contribution in [0, 0.1) is 19.3 Å². The van der Waals surface area contributed by atoms with Crippen molar-refractivity contribution < 1.29 is 5.11 Å². The zero-order chi connectivity index (χ0) is 11.3. The Morgan fingerprint density at radius 1 is 1.47 bits per heavy atom. The zero-order valence-corrected chi connectivity index (χ0v) is 8.83. The summed E-state index contributed by atoms with van der Waals surface area (Å²) in [6, 6.07) is 7.60. The van der Waals surface area contributed by atoms with Crippen molar-refractivity contribution in [2.75, 3.05) is 0 Å². The van der Waals surface area contributed by atoms with E-state index < -0.39 is 5.60 Å². The van der Waals surface area contributed by atoms with Gasteiger partial charge in [-0.15, -0.1) is 18.1 Å². The molecule has 0 bridgehead atoms. The van der Waals surface area contributed by atoms with Crippen molar-refractivity contribution >= 4 is 0 Å². The molecular formula is C14H14O. The van der Waals surface area contributed by atoms with Crippen molar-refractivity contribution in [1.29, 1.82) is 0 Å². The Labute approximate surface area is 90.8 Å². The molecule has 0 saturated carbocycles. The van der Waals surface area contributed by atoms with Crippen LogP contribution < -0.4 is 0 Å². The second-order valence-electron chi connectivity index (χ2n) is 3.52. The van der Waals surface area contributed by atoms with Crippen LogP contribution >= 0.6 is 0 Å². The molecule has 1 rings (SSSR count). The number of aryl methyl sites for hydroxylation is 1. The summed E-state index contributed by atoms with van der Waals surface area (Å²) in [6.45, 7) is 5.46. The van der Waals surface area contributed by atoms with Crippen LogP contribution in [-0.2, 0) is 5.60 Å². The summed E-state index contributed by atoms with van der Waals surface area (Å²) in [5, 5.41) is 10.3. The molecule has 1 nitrogen and oxygen atoms in total. The fourth-order valence-corrected chi connectivity index (χ4v) is 1.40. The van der Waals surface area contributed by atoms with Crippen LogP contribution in [0.4, 0.5) is 0 Å². The third kappa shape index (κ3) is 2.60. The molecule has 0 radical (unpaired) electrons. The summed E-state index contributed by atoms with van der Waals surface area (Å²) in [7, 11) is 0. The lowest BCUT2D eigenvalue weighted by molar-refractivity contribution is 0.0955. The van der Waals surface area contributed by atoms with Gasteiger partial charge in [0.15, 0.2) is 0 Å². The van der Waals surface area contributed by atoms with E-state index in [1.54, 1.807) is 0 Å². The highest BCUT2D eigenvalue weighted by molar-refractivity contribution is 5.31. The molecule has 76 valence electrons. The average Bonchev–Trinajstić information content (AvgIpc) is 2.19. The Morgan fingerprint density at radius 2 is 2.07 bits per heavy atom. The quantitative estimate of drug-likeness (QED) is 0.584. The Morgan fingerprint density at radius 3 is 2.53 bits per heavy atom. The Bertz CT molecular complexity index is 416. The van der Waals surface area contributed by atoms with Gasteiger partial charge in [0.2, 0.25) is 0 Å². The first-order valence-corrected chi connectivity index (χ1v) is 4.72. The van der Waals surface area contributed by atoms with Crippen LogP contribution in [0.3, 0.4) is 0 Å². The number of aliphatic hydroxyl groups is 1. The van der Waals surface area contributed by atoms with Gasteiger partial charge in [0, 0.05) is 6.42 Å². The maximum absolute atomic E-state index is 10.3. The van der Waals surface area contributed by atoms with Gasteiger partial charge in [-0.3, -0.25) is 0 Å². The predicted molar refractivity (Wildman–Crippen MR) is 62.2 cm³/mol. The van der Waals surface area contributed by atoms with E-state index in [1.165, 1.54) is 6.08 Å². The van der Waals surface area contributed by atoms with E-state index in [0.717, 1.165) is 11.1 Å². The van der Waals surface area contributed by atoms with E-state index in [9.17, 15) is 5.11 Å². The van der Waals surface area contributed by atoms with E-state index in [2.05, 4.69) is 18.2 Å². The van der Waals surface area contributed by atoms with Gasteiger partial charge in [-0.05, 0) is 18.6 Å². The van der Waals surface area contributed by atoms with Gasteiger partial charge in [-0.1, -0.05) is 36.4 Å². The van der Waals surface area contributed by atoms with Gasteiger partial charge in [0.05, 0.1) is 0 Å². The molecule has 0 aliphatic rings. The molecule has 1 atom stereocenters. The first-order valence-electron chi connectivity index (χ1n) is 4.72. The standard InChI is InChI=1S/C14H14O/c1-4-10-14(15,11-5-2)13-8-6-12(3)7-9-13/h1,6-9,11,15H,2,10H2,3H3. The molecule has 1 aromatic carbocycles. The maximum Gasteiger partial charge on any atom is 0.126 e. The molecule has 0 saturated heterocycles. The summed E-state index contributed by atoms with van der Waals surface area (Å²) >= 11 is 0. The molecule has 0 spiro atoms. The monoisotopic (exact) mass is 198 g/mol. The normalized spacial score (nSPS) is 13.4. The van der Waals surface area contributed by atoms with Crippen molar-refractivity contribution in [3.05, 3.63) is 53.8 Å². The minimum Gasteiger partial charge on any atom is -0.379 e. The van der Waals surface area contributed by atoms with Gasteiger partial charge in [0.25, 0.3) is 0 Å². The molecule has 0 amide bonds. The number of rotatable bonds is 3. The van der Waals surface area contributed by atoms with E-state index in [-0.39, 0.29) is 6.42 Å². The molecule has 0 aliphatic heterocycles. The van der Waals surface area contributed by atoms with Crippen LogP contribution in [0.1, 0.15) is 17.5 Å². The molecule has 0 aliphatic carbocycles. The van der Waals surface area contributed by atoms with E-state index in [1.807, 2.05) is 31.2 Å². The van der Waals surface area contributed by atoms with Crippen molar-refractivity contribution in [3.63, 3.8) is 0 Å². The minimum absolute atomic E-state index is 0.221. The SMILES string of the molecule is C#CCC(O)(C=C=C)c1ccc(C)cc1. The first kappa shape index (κ1) is 11.3. The Balaban J connectivity index is 3.15. The van der Waals surface area contributed by atoms with Crippen LogP contribution in [0.2, 0.25) is 0 Å². The van der Waals surface area contributed by atoms with E-state index in [4.69, 9.17) is 6.42 Å². The largest absolute Gasteiger partial charge is 0.379 e. The van der Waals surface area contributed by atoms with Crippen molar-refractivity contribution in [2.24, 2.45) is 0 Å². The topological polar surface area (TPSA) is 20.2 Å². The summed E-state index contributed by atoms with van der Waals surface area (Å²) in [5.74, 6) is 2.46. The molecule has 1 unspecified atom stereocenters. The molecule has 1 heteroatoms. The van der Waals surface area contributed by atoms with E-state index in [0.29, 0.717) is 0 Å². The summed E-state index contributed by atoms with van der Waals surface area (Å²) < 4.78 is 0. The number of hydrogen-bond acceptors (Lipinski definition) is 1. The predicted octanol–water partition coefficient (Wildman–Crippen LogP) is 2.55. The molecule has 0 aromatic heterocycles. The maximum atomic E-state index is 10.3. The summed E-state index contributed by atoms with van der Waals surface area (Å²) in [4.78, 5) is 0. The van der Waals surface area contributed by atoms with Gasteiger partial charge in [-0.2, -0.15) is 0 Å². The molecular weight excluding hydrogens is 184 g/mol. The van der Waals surface area contributed by atoms with Crippen LogP contribution in [0.25, 0.3) is 0 Å². The minimum atomic E-state index is -1.15. The van der Waals surface area contributed by atoms with Crippen LogP contribution in [0.5, 0.6) is 0 Å². The highest BCUT2D eigenvalue weighted by atomic mass is 16.3. The summed E-state index contributed by atoms with van der Waals surface area (Å²) in [5.41, 5.74) is 3.35. The third-order valence-electron chi connectivity index (χ3n) is 2.26. The molecule has 1 N–H and O–H groups in total. The first-order chi connectivity index (χ1) is 7.12. The number of terminal acetylenes is 1. The molecule has 0 fully saturated rings. The highest BCUT2D eigenvalue weighted by Gasteiger charge is 2.24. The Kier molecular flexibility index (Phi) is 3.52. The Hall–Kier alpha value is -1.74. The second-order valence-corrected chi connectivity index (χ2v) is 3.52. The van der Waals surface area contributed by atoms with E-state index >= 15 is 0 Å². The lowest BCUT2D eigenvalue weighted by Gasteiger charge is -2.21. The molecule has 0 heterocycles. The van der Waals surface area contributed by atoms with Crippen molar-refractivity contribution in [3.8, 4) is 12.3 Å². The van der Waals surface area contributed by atoms with Gasteiger partial charge in [-0.25, -0.2) is 0 Å². The summed E-state index contributed by atoms with van der Waals surface area (Å²) in [6.07, 6.45) is 6.95.